The Kier molecular flexibility index (Phi) is 6.70. The van der Waals surface area contributed by atoms with Gasteiger partial charge in [0, 0.05) is 31.9 Å². The largest absolute Gasteiger partial charge is 0.417 e. The van der Waals surface area contributed by atoms with E-state index in [-0.39, 0.29) is 22.8 Å². The topological polar surface area (TPSA) is 105 Å². The first-order valence-electron chi connectivity index (χ1n) is 8.73. The lowest BCUT2D eigenvalue weighted by Crippen LogP contribution is -2.19. The van der Waals surface area contributed by atoms with Crippen LogP contribution < -0.4 is 15.1 Å². The molecule has 0 saturated carbocycles. The predicted octanol–water partition coefficient (Wildman–Crippen LogP) is 2.50. The van der Waals surface area contributed by atoms with Crippen molar-refractivity contribution in [2.75, 3.05) is 19.0 Å². The van der Waals surface area contributed by atoms with Crippen LogP contribution >= 0.6 is 0 Å². The van der Waals surface area contributed by atoms with Crippen LogP contribution in [0.4, 0.5) is 18.9 Å². The molecule has 3 aromatic heterocycles. The van der Waals surface area contributed by atoms with Crippen LogP contribution in [0.2, 0.25) is 0 Å². The molecule has 3 aromatic rings. The highest BCUT2D eigenvalue weighted by Crippen LogP contribution is 2.19. The Balaban J connectivity index is 1.71. The van der Waals surface area contributed by atoms with Crippen molar-refractivity contribution in [3.05, 3.63) is 60.2 Å². The van der Waals surface area contributed by atoms with Crippen molar-refractivity contribution in [1.82, 2.24) is 25.4 Å². The monoisotopic (exact) mass is 431 g/mol. The molecule has 0 atom stereocenters. The first kappa shape index (κ1) is 21.6. The molecule has 1 N–H and O–H groups in total. The van der Waals surface area contributed by atoms with E-state index in [1.165, 1.54) is 43.0 Å². The van der Waals surface area contributed by atoms with Gasteiger partial charge in [0.15, 0.2) is 0 Å². The van der Waals surface area contributed by atoms with Crippen molar-refractivity contribution < 1.29 is 22.7 Å². The minimum Gasteiger partial charge on any atom is -0.417 e. The summed E-state index contributed by atoms with van der Waals surface area (Å²) in [5.74, 6) is -1.68. The van der Waals surface area contributed by atoms with Crippen LogP contribution in [0.25, 0.3) is 11.3 Å². The van der Waals surface area contributed by atoms with Gasteiger partial charge in [-0.3, -0.25) is 9.78 Å². The maximum atomic E-state index is 13.8. The highest BCUT2D eigenvalue weighted by Gasteiger charge is 2.11. The second-order valence-corrected chi connectivity index (χ2v) is 6.22. The maximum absolute atomic E-state index is 13.8. The number of pyridine rings is 2. The molecule has 1 amide bonds. The third-order valence-electron chi connectivity index (χ3n) is 3.85. The number of aromatic nitrogens is 4. The third kappa shape index (κ3) is 5.72. The highest BCUT2D eigenvalue weighted by molar-refractivity contribution is 5.93. The lowest BCUT2D eigenvalue weighted by Gasteiger charge is -2.12. The number of hydrogen-bond acceptors (Lipinski definition) is 8. The third-order valence-corrected chi connectivity index (χ3v) is 3.85. The second-order valence-electron chi connectivity index (χ2n) is 6.22. The number of rotatable bonds is 7. The van der Waals surface area contributed by atoms with Crippen LogP contribution in [-0.4, -0.2) is 52.8 Å². The Bertz CT molecular complexity index is 1090. The zero-order valence-electron chi connectivity index (χ0n) is 16.3. The lowest BCUT2D eigenvalue weighted by atomic mass is 10.2. The van der Waals surface area contributed by atoms with Crippen LogP contribution in [-0.2, 0) is 0 Å². The minimum absolute atomic E-state index is 0.0665. The summed E-state index contributed by atoms with van der Waals surface area (Å²) in [6.45, 7) is -2.99. The Morgan fingerprint density at radius 3 is 2.68 bits per heavy atom. The molecular formula is C19H16F3N7O2. The number of nitrogens with zero attached hydrogens (tertiary/aromatic N) is 6. The fraction of sp³-hybridized carbons (Fsp3) is 0.158. The number of carbonyl (C=O) groups is 1. The van der Waals surface area contributed by atoms with Gasteiger partial charge in [-0.15, -0.1) is 0 Å². The molecule has 0 fully saturated rings. The summed E-state index contributed by atoms with van der Waals surface area (Å²) in [7, 11) is 3.55. The van der Waals surface area contributed by atoms with Crippen molar-refractivity contribution in [3.8, 4) is 17.1 Å². The zero-order chi connectivity index (χ0) is 22.4. The normalized spacial score (nSPS) is 11.0. The number of halogens is 3. The molecule has 12 heteroatoms. The van der Waals surface area contributed by atoms with Crippen molar-refractivity contribution in [2.24, 2.45) is 5.10 Å². The van der Waals surface area contributed by atoms with Crippen LogP contribution in [0.3, 0.4) is 0 Å². The van der Waals surface area contributed by atoms with Crippen LogP contribution in [0, 0.1) is 5.95 Å². The zero-order valence-corrected chi connectivity index (χ0v) is 16.3. The fourth-order valence-corrected chi connectivity index (χ4v) is 2.31. The van der Waals surface area contributed by atoms with Gasteiger partial charge in [-0.25, -0.2) is 20.4 Å². The molecule has 0 aliphatic carbocycles. The average Bonchev–Trinajstić information content (AvgIpc) is 2.75. The number of anilines is 1. The van der Waals surface area contributed by atoms with Gasteiger partial charge in [0.1, 0.15) is 5.69 Å². The van der Waals surface area contributed by atoms with Gasteiger partial charge in [-0.05, 0) is 12.1 Å². The summed E-state index contributed by atoms with van der Waals surface area (Å²) in [4.78, 5) is 29.5. The number of hydrogen-bond donors (Lipinski definition) is 1. The van der Waals surface area contributed by atoms with E-state index in [4.69, 9.17) is 0 Å². The molecule has 0 unspecified atom stereocenters. The van der Waals surface area contributed by atoms with Gasteiger partial charge in [-0.2, -0.15) is 18.3 Å². The standard InChI is InChI=1S/C19H16F3N7O2/c1-29(2)13-5-12(17(20)25-8-13)7-26-28-18(30)15-10-23-9-14(27-15)11-3-4-16(24-6-11)31-19(21)22/h3-10,19H,1-2H3,(H,28,30)/b26-7+. The van der Waals surface area contributed by atoms with E-state index in [1.54, 1.807) is 19.0 Å². The van der Waals surface area contributed by atoms with Crippen LogP contribution in [0.5, 0.6) is 5.88 Å². The number of nitrogens with one attached hydrogen (secondary N) is 1. The number of hydrazone groups is 1. The number of amides is 1. The summed E-state index contributed by atoms with van der Waals surface area (Å²) >= 11 is 0. The molecule has 3 rings (SSSR count). The Morgan fingerprint density at radius 2 is 2.00 bits per heavy atom. The Labute approximate surface area is 174 Å². The number of ether oxygens (including phenoxy) is 1. The van der Waals surface area contributed by atoms with E-state index in [0.717, 1.165) is 6.21 Å². The summed E-state index contributed by atoms with van der Waals surface area (Å²) in [6, 6.07) is 4.21. The van der Waals surface area contributed by atoms with Crippen LogP contribution in [0.15, 0.2) is 48.1 Å². The highest BCUT2D eigenvalue weighted by atomic mass is 19.3. The van der Waals surface area contributed by atoms with Gasteiger partial charge in [-0.1, -0.05) is 0 Å². The molecule has 3 heterocycles. The van der Waals surface area contributed by atoms with Crippen molar-refractivity contribution >= 4 is 17.8 Å². The minimum atomic E-state index is -2.99. The van der Waals surface area contributed by atoms with Crippen molar-refractivity contribution in [3.63, 3.8) is 0 Å². The van der Waals surface area contributed by atoms with Gasteiger partial charge in [0.05, 0.1) is 41.7 Å². The molecular weight excluding hydrogens is 415 g/mol. The molecule has 9 nitrogen and oxygen atoms in total. The Morgan fingerprint density at radius 1 is 1.19 bits per heavy atom. The summed E-state index contributed by atoms with van der Waals surface area (Å²) in [5, 5.41) is 3.73. The van der Waals surface area contributed by atoms with E-state index in [0.29, 0.717) is 11.3 Å². The van der Waals surface area contributed by atoms with E-state index < -0.39 is 18.5 Å². The van der Waals surface area contributed by atoms with E-state index in [1.807, 2.05) is 0 Å². The second kappa shape index (κ2) is 9.61. The Hall–Kier alpha value is -4.09. The summed E-state index contributed by atoms with van der Waals surface area (Å²) < 4.78 is 42.4. The smallest absolute Gasteiger partial charge is 0.388 e. The predicted molar refractivity (Wildman–Crippen MR) is 105 cm³/mol. The van der Waals surface area contributed by atoms with Crippen molar-refractivity contribution in [2.45, 2.75) is 6.61 Å². The SMILES string of the molecule is CN(C)c1cnc(F)c(/C=N/NC(=O)c2cncc(-c3ccc(OC(F)F)nc3)n2)c1. The summed E-state index contributed by atoms with van der Waals surface area (Å²) in [5.41, 5.74) is 3.62. The van der Waals surface area contributed by atoms with Crippen molar-refractivity contribution in [1.29, 1.82) is 0 Å². The molecule has 0 spiro atoms. The quantitative estimate of drug-likeness (QED) is 0.348. The molecule has 0 saturated heterocycles. The van der Waals surface area contributed by atoms with E-state index >= 15 is 0 Å². The van der Waals surface area contributed by atoms with Gasteiger partial charge in [0.2, 0.25) is 11.8 Å². The lowest BCUT2D eigenvalue weighted by molar-refractivity contribution is -0.0528. The maximum Gasteiger partial charge on any atom is 0.388 e. The molecule has 160 valence electrons. The molecule has 0 aliphatic heterocycles. The molecule has 0 bridgehead atoms. The van der Waals surface area contributed by atoms with Gasteiger partial charge in [0.25, 0.3) is 5.91 Å². The number of alkyl halides is 2. The van der Waals surface area contributed by atoms with E-state index in [9.17, 15) is 18.0 Å². The molecule has 31 heavy (non-hydrogen) atoms. The number of carbonyl (C=O) groups excluding carboxylic acids is 1. The van der Waals surface area contributed by atoms with Gasteiger partial charge < -0.3 is 9.64 Å². The van der Waals surface area contributed by atoms with Crippen LogP contribution in [0.1, 0.15) is 16.1 Å². The van der Waals surface area contributed by atoms with E-state index in [2.05, 4.69) is 35.2 Å². The molecule has 0 aliphatic rings. The summed E-state index contributed by atoms with van der Waals surface area (Å²) in [6.07, 6.45) is 6.34. The molecule has 0 aromatic carbocycles. The average molecular weight is 431 g/mol. The first-order chi connectivity index (χ1) is 14.8. The fourth-order valence-electron chi connectivity index (χ4n) is 2.31. The first-order valence-corrected chi connectivity index (χ1v) is 8.73. The molecule has 0 radical (unpaired) electrons. The van der Waals surface area contributed by atoms with Gasteiger partial charge >= 0.3 is 6.61 Å².